The van der Waals surface area contributed by atoms with Gasteiger partial charge in [0, 0.05) is 6.54 Å². The molecule has 0 saturated heterocycles. The Kier molecular flexibility index (Phi) is 5.57. The smallest absolute Gasteiger partial charge is 0.341 e. The summed E-state index contributed by atoms with van der Waals surface area (Å²) >= 11 is 0. The molecule has 0 aliphatic carbocycles. The van der Waals surface area contributed by atoms with Crippen molar-refractivity contribution >= 4 is 11.9 Å². The molecule has 6 nitrogen and oxygen atoms in total. The zero-order chi connectivity index (χ0) is 14.4. The summed E-state index contributed by atoms with van der Waals surface area (Å²) in [6, 6.07) is 1.65. The summed E-state index contributed by atoms with van der Waals surface area (Å²) in [5.74, 6) is 0.693. The molecule has 0 saturated carbocycles. The van der Waals surface area contributed by atoms with Crippen LogP contribution in [-0.4, -0.2) is 44.0 Å². The van der Waals surface area contributed by atoms with Crippen molar-refractivity contribution in [2.45, 2.75) is 20.4 Å². The highest BCUT2D eigenvalue weighted by molar-refractivity contribution is 5.90. The van der Waals surface area contributed by atoms with Crippen LogP contribution in [0.25, 0.3) is 0 Å². The lowest BCUT2D eigenvalue weighted by molar-refractivity contribution is -0.122. The van der Waals surface area contributed by atoms with Crippen molar-refractivity contribution in [1.82, 2.24) is 10.2 Å². The van der Waals surface area contributed by atoms with Crippen molar-refractivity contribution in [2.75, 3.05) is 27.2 Å². The lowest BCUT2D eigenvalue weighted by Gasteiger charge is -2.14. The first kappa shape index (κ1) is 15.2. The van der Waals surface area contributed by atoms with Crippen molar-refractivity contribution in [2.24, 2.45) is 0 Å². The maximum atomic E-state index is 11.4. The van der Waals surface area contributed by atoms with Gasteiger partial charge in [0.2, 0.25) is 5.91 Å². The Labute approximate surface area is 112 Å². The van der Waals surface area contributed by atoms with Crippen LogP contribution in [0.4, 0.5) is 0 Å². The van der Waals surface area contributed by atoms with Crippen molar-refractivity contribution in [1.29, 1.82) is 0 Å². The van der Waals surface area contributed by atoms with Crippen LogP contribution in [0.2, 0.25) is 0 Å². The standard InChI is InChI=1S/C13H20N2O4/c1-5-14-12(16)8-15(3)7-10-6-11(9(2)19-10)13(17)18-4/h6H,5,7-8H2,1-4H3,(H,14,16). The molecule has 6 heteroatoms. The molecule has 1 amide bonds. The monoisotopic (exact) mass is 268 g/mol. The maximum Gasteiger partial charge on any atom is 0.341 e. The van der Waals surface area contributed by atoms with Crippen LogP contribution in [-0.2, 0) is 16.1 Å². The van der Waals surface area contributed by atoms with Crippen LogP contribution in [0.5, 0.6) is 0 Å². The van der Waals surface area contributed by atoms with Crippen molar-refractivity contribution in [3.05, 3.63) is 23.2 Å². The predicted molar refractivity (Wildman–Crippen MR) is 69.8 cm³/mol. The number of nitrogens with zero attached hydrogens (tertiary/aromatic N) is 1. The minimum absolute atomic E-state index is 0.0403. The third kappa shape index (κ3) is 4.40. The lowest BCUT2D eigenvalue weighted by Crippen LogP contribution is -2.34. The average molecular weight is 268 g/mol. The first-order chi connectivity index (χ1) is 8.97. The van der Waals surface area contributed by atoms with Crippen LogP contribution in [0.1, 0.15) is 28.8 Å². The van der Waals surface area contributed by atoms with E-state index in [9.17, 15) is 9.59 Å². The first-order valence-electron chi connectivity index (χ1n) is 6.10. The van der Waals surface area contributed by atoms with Crippen LogP contribution in [0, 0.1) is 6.92 Å². The van der Waals surface area contributed by atoms with E-state index in [1.165, 1.54) is 7.11 Å². The van der Waals surface area contributed by atoms with E-state index >= 15 is 0 Å². The number of methoxy groups -OCH3 is 1. The number of nitrogens with one attached hydrogen (secondary N) is 1. The van der Waals surface area contributed by atoms with Crippen LogP contribution in [0.3, 0.4) is 0 Å². The number of hydrogen-bond acceptors (Lipinski definition) is 5. The highest BCUT2D eigenvalue weighted by Gasteiger charge is 2.16. The molecule has 1 aromatic heterocycles. The second-order valence-corrected chi connectivity index (χ2v) is 4.30. The zero-order valence-electron chi connectivity index (χ0n) is 11.8. The van der Waals surface area contributed by atoms with E-state index in [0.717, 1.165) is 0 Å². The van der Waals surface area contributed by atoms with Gasteiger partial charge in [-0.1, -0.05) is 0 Å². The lowest BCUT2D eigenvalue weighted by atomic mass is 10.2. The van der Waals surface area contributed by atoms with Crippen molar-refractivity contribution in [3.63, 3.8) is 0 Å². The van der Waals surface area contributed by atoms with E-state index in [-0.39, 0.29) is 12.5 Å². The summed E-state index contributed by atoms with van der Waals surface area (Å²) in [6.07, 6.45) is 0. The fourth-order valence-electron chi connectivity index (χ4n) is 1.75. The topological polar surface area (TPSA) is 71.8 Å². The number of amides is 1. The molecule has 19 heavy (non-hydrogen) atoms. The molecule has 0 unspecified atom stereocenters. The van der Waals surface area contributed by atoms with Gasteiger partial charge in [-0.05, 0) is 27.0 Å². The third-order valence-electron chi connectivity index (χ3n) is 2.59. The highest BCUT2D eigenvalue weighted by Crippen LogP contribution is 2.16. The Morgan fingerprint density at radius 1 is 1.47 bits per heavy atom. The van der Waals surface area contributed by atoms with Crippen molar-refractivity contribution < 1.29 is 18.7 Å². The Morgan fingerprint density at radius 3 is 2.74 bits per heavy atom. The second-order valence-electron chi connectivity index (χ2n) is 4.30. The number of esters is 1. The minimum Gasteiger partial charge on any atom is -0.465 e. The number of rotatable bonds is 6. The summed E-state index contributed by atoms with van der Waals surface area (Å²) in [6.45, 7) is 4.92. The highest BCUT2D eigenvalue weighted by atomic mass is 16.5. The Morgan fingerprint density at radius 2 is 2.16 bits per heavy atom. The van der Waals surface area contributed by atoms with Gasteiger partial charge in [-0.15, -0.1) is 0 Å². The van der Waals surface area contributed by atoms with E-state index in [0.29, 0.717) is 30.2 Å². The minimum atomic E-state index is -0.418. The SMILES string of the molecule is CCNC(=O)CN(C)Cc1cc(C(=O)OC)c(C)o1. The molecule has 0 radical (unpaired) electrons. The molecule has 0 bridgehead atoms. The molecule has 0 spiro atoms. The van der Waals surface area contributed by atoms with Crippen LogP contribution >= 0.6 is 0 Å². The van der Waals surface area contributed by atoms with Gasteiger partial charge in [0.15, 0.2) is 0 Å². The van der Waals surface area contributed by atoms with E-state index < -0.39 is 5.97 Å². The Bertz CT molecular complexity index is 453. The fourth-order valence-corrected chi connectivity index (χ4v) is 1.75. The molecular weight excluding hydrogens is 248 g/mol. The van der Waals surface area contributed by atoms with Gasteiger partial charge in [0.05, 0.1) is 20.2 Å². The summed E-state index contributed by atoms with van der Waals surface area (Å²) in [5.41, 5.74) is 0.420. The van der Waals surface area contributed by atoms with E-state index in [4.69, 9.17) is 4.42 Å². The number of hydrogen-bond donors (Lipinski definition) is 1. The summed E-state index contributed by atoms with van der Waals surface area (Å²) in [4.78, 5) is 24.7. The molecule has 0 fully saturated rings. The van der Waals surface area contributed by atoms with Gasteiger partial charge in [-0.2, -0.15) is 0 Å². The zero-order valence-corrected chi connectivity index (χ0v) is 11.8. The summed E-state index contributed by atoms with van der Waals surface area (Å²) in [5, 5.41) is 2.72. The number of aryl methyl sites for hydroxylation is 1. The quantitative estimate of drug-likeness (QED) is 0.777. The van der Waals surface area contributed by atoms with Gasteiger partial charge in [0.25, 0.3) is 0 Å². The molecule has 1 heterocycles. The first-order valence-corrected chi connectivity index (χ1v) is 6.10. The maximum absolute atomic E-state index is 11.4. The number of carbonyl (C=O) groups excluding carboxylic acids is 2. The van der Waals surface area contributed by atoms with E-state index in [1.807, 2.05) is 18.9 Å². The average Bonchev–Trinajstić information content (AvgIpc) is 2.69. The summed E-state index contributed by atoms with van der Waals surface area (Å²) in [7, 11) is 3.14. The fraction of sp³-hybridized carbons (Fsp3) is 0.538. The third-order valence-corrected chi connectivity index (χ3v) is 2.59. The summed E-state index contributed by atoms with van der Waals surface area (Å²) < 4.78 is 10.1. The van der Waals surface area contributed by atoms with Gasteiger partial charge in [0.1, 0.15) is 17.1 Å². The molecule has 106 valence electrons. The van der Waals surface area contributed by atoms with Gasteiger partial charge in [-0.25, -0.2) is 4.79 Å². The normalized spacial score (nSPS) is 10.6. The molecule has 1 N–H and O–H groups in total. The molecule has 0 atom stereocenters. The largest absolute Gasteiger partial charge is 0.465 e. The van der Waals surface area contributed by atoms with Gasteiger partial charge in [-0.3, -0.25) is 9.69 Å². The molecule has 0 aliphatic rings. The van der Waals surface area contributed by atoms with E-state index in [1.54, 1.807) is 13.0 Å². The van der Waals surface area contributed by atoms with Crippen molar-refractivity contribution in [3.8, 4) is 0 Å². The number of carbonyl (C=O) groups is 2. The molecule has 1 rings (SSSR count). The predicted octanol–water partition coefficient (Wildman–Crippen LogP) is 0.943. The number of likely N-dealkylation sites (N-methyl/N-ethyl adjacent to an activating group) is 2. The van der Waals surface area contributed by atoms with Crippen LogP contribution < -0.4 is 5.32 Å². The second kappa shape index (κ2) is 6.94. The Balaban J connectivity index is 2.62. The van der Waals surface area contributed by atoms with Gasteiger partial charge >= 0.3 is 5.97 Å². The number of ether oxygens (including phenoxy) is 1. The number of furan rings is 1. The molecule has 0 aliphatic heterocycles. The Hall–Kier alpha value is -1.82. The van der Waals surface area contributed by atoms with Crippen LogP contribution in [0.15, 0.2) is 10.5 Å². The molecule has 0 aromatic carbocycles. The molecular formula is C13H20N2O4. The van der Waals surface area contributed by atoms with E-state index in [2.05, 4.69) is 10.1 Å². The van der Waals surface area contributed by atoms with Gasteiger partial charge < -0.3 is 14.5 Å². The molecule has 1 aromatic rings.